The van der Waals surface area contributed by atoms with E-state index in [9.17, 15) is 9.59 Å². The van der Waals surface area contributed by atoms with Crippen molar-refractivity contribution in [3.05, 3.63) is 88.2 Å². The van der Waals surface area contributed by atoms with Crippen molar-refractivity contribution in [2.75, 3.05) is 36.4 Å². The van der Waals surface area contributed by atoms with Crippen LogP contribution in [0.15, 0.2) is 66.9 Å². The molecule has 0 bridgehead atoms. The zero-order valence-corrected chi connectivity index (χ0v) is 18.1. The smallest absolute Gasteiger partial charge is 0.258 e. The van der Waals surface area contributed by atoms with Crippen LogP contribution in [0.2, 0.25) is 10.2 Å². The van der Waals surface area contributed by atoms with Crippen LogP contribution in [0.4, 0.5) is 11.4 Å². The Bertz CT molecular complexity index is 1080. The molecule has 8 heteroatoms. The first kappa shape index (κ1) is 21.2. The van der Waals surface area contributed by atoms with Crippen LogP contribution in [0.25, 0.3) is 0 Å². The molecule has 0 atom stereocenters. The fourth-order valence-electron chi connectivity index (χ4n) is 3.45. The molecule has 158 valence electrons. The van der Waals surface area contributed by atoms with Crippen molar-refractivity contribution in [1.29, 1.82) is 0 Å². The number of nitrogens with zero attached hydrogens (tertiary/aromatic N) is 3. The monoisotopic (exact) mass is 454 g/mol. The first-order valence-corrected chi connectivity index (χ1v) is 10.6. The van der Waals surface area contributed by atoms with Crippen LogP contribution in [0.1, 0.15) is 20.7 Å². The van der Waals surface area contributed by atoms with Crippen molar-refractivity contribution in [1.82, 2.24) is 9.88 Å². The molecular formula is C23H20Cl2N4O2. The van der Waals surface area contributed by atoms with E-state index in [2.05, 4.69) is 15.2 Å². The minimum atomic E-state index is -0.305. The third kappa shape index (κ3) is 4.98. The van der Waals surface area contributed by atoms with Gasteiger partial charge in [-0.2, -0.15) is 0 Å². The maximum absolute atomic E-state index is 12.7. The summed E-state index contributed by atoms with van der Waals surface area (Å²) >= 11 is 11.9. The maximum Gasteiger partial charge on any atom is 0.258 e. The lowest BCUT2D eigenvalue weighted by atomic mass is 10.1. The second-order valence-electron chi connectivity index (χ2n) is 7.13. The van der Waals surface area contributed by atoms with E-state index < -0.39 is 0 Å². The first-order valence-electron chi connectivity index (χ1n) is 9.83. The highest BCUT2D eigenvalue weighted by atomic mass is 35.5. The number of rotatable bonds is 4. The van der Waals surface area contributed by atoms with Gasteiger partial charge in [0.15, 0.2) is 0 Å². The normalized spacial score (nSPS) is 13.7. The van der Waals surface area contributed by atoms with E-state index in [0.717, 1.165) is 18.8 Å². The van der Waals surface area contributed by atoms with Gasteiger partial charge < -0.3 is 15.1 Å². The zero-order chi connectivity index (χ0) is 21.8. The van der Waals surface area contributed by atoms with E-state index in [4.69, 9.17) is 23.2 Å². The summed E-state index contributed by atoms with van der Waals surface area (Å²) in [6, 6.07) is 17.9. The molecule has 2 amide bonds. The molecule has 1 aliphatic heterocycles. The van der Waals surface area contributed by atoms with Gasteiger partial charge in [-0.05, 0) is 60.7 Å². The molecule has 0 aliphatic carbocycles. The maximum atomic E-state index is 12.7. The van der Waals surface area contributed by atoms with Gasteiger partial charge in [-0.25, -0.2) is 4.98 Å². The van der Waals surface area contributed by atoms with Gasteiger partial charge in [-0.15, -0.1) is 0 Å². The van der Waals surface area contributed by atoms with Crippen LogP contribution in [0, 0.1) is 0 Å². The third-order valence-electron chi connectivity index (χ3n) is 5.15. The summed E-state index contributed by atoms with van der Waals surface area (Å²) < 4.78 is 0. The number of amides is 2. The van der Waals surface area contributed by atoms with Gasteiger partial charge >= 0.3 is 0 Å². The molecule has 1 fully saturated rings. The fourth-order valence-corrected chi connectivity index (χ4v) is 3.78. The Labute approximate surface area is 190 Å². The molecule has 31 heavy (non-hydrogen) atoms. The summed E-state index contributed by atoms with van der Waals surface area (Å²) in [5, 5.41) is 3.61. The Morgan fingerprint density at radius 1 is 0.871 bits per heavy atom. The summed E-state index contributed by atoms with van der Waals surface area (Å²) in [4.78, 5) is 33.0. The number of anilines is 2. The standard InChI is InChI=1S/C23H20Cl2N4O2/c24-17-5-3-16(4-6-17)23(31)29-14-12-28(13-15-29)19-9-7-18(8-10-19)27-22(30)20-2-1-11-26-21(20)25/h1-11H,12-15H2,(H,27,30). The van der Waals surface area contributed by atoms with E-state index in [1.807, 2.05) is 29.2 Å². The second kappa shape index (κ2) is 9.37. The molecule has 4 rings (SSSR count). The number of hydrogen-bond acceptors (Lipinski definition) is 4. The zero-order valence-electron chi connectivity index (χ0n) is 16.6. The van der Waals surface area contributed by atoms with Crippen molar-refractivity contribution >= 4 is 46.4 Å². The van der Waals surface area contributed by atoms with Crippen LogP contribution >= 0.6 is 23.2 Å². The number of pyridine rings is 1. The second-order valence-corrected chi connectivity index (χ2v) is 7.92. The molecule has 0 unspecified atom stereocenters. The highest BCUT2D eigenvalue weighted by Crippen LogP contribution is 2.22. The van der Waals surface area contributed by atoms with Crippen LogP contribution < -0.4 is 10.2 Å². The van der Waals surface area contributed by atoms with E-state index in [0.29, 0.717) is 34.9 Å². The van der Waals surface area contributed by atoms with Crippen LogP contribution in [0.5, 0.6) is 0 Å². The summed E-state index contributed by atoms with van der Waals surface area (Å²) in [6.07, 6.45) is 1.54. The molecule has 2 heterocycles. The predicted molar refractivity (Wildman–Crippen MR) is 123 cm³/mol. The predicted octanol–water partition coefficient (Wildman–Crippen LogP) is 4.60. The van der Waals surface area contributed by atoms with Crippen molar-refractivity contribution < 1.29 is 9.59 Å². The molecule has 3 aromatic rings. The van der Waals surface area contributed by atoms with Gasteiger partial charge in [0, 0.05) is 54.3 Å². The number of aromatic nitrogens is 1. The van der Waals surface area contributed by atoms with E-state index in [1.54, 1.807) is 36.4 Å². The van der Waals surface area contributed by atoms with Gasteiger partial charge in [0.2, 0.25) is 0 Å². The number of halogens is 2. The molecule has 1 aromatic heterocycles. The Hall–Kier alpha value is -3.09. The van der Waals surface area contributed by atoms with E-state index >= 15 is 0 Å². The van der Waals surface area contributed by atoms with Gasteiger partial charge in [-0.3, -0.25) is 9.59 Å². The van der Waals surface area contributed by atoms with E-state index in [1.165, 1.54) is 6.20 Å². The summed E-state index contributed by atoms with van der Waals surface area (Å²) in [7, 11) is 0. The number of piperazine rings is 1. The number of carbonyl (C=O) groups is 2. The quantitative estimate of drug-likeness (QED) is 0.584. The Morgan fingerprint density at radius 2 is 1.55 bits per heavy atom. The molecule has 1 N–H and O–H groups in total. The lowest BCUT2D eigenvalue weighted by Crippen LogP contribution is -2.48. The van der Waals surface area contributed by atoms with Crippen LogP contribution in [-0.4, -0.2) is 47.9 Å². The average molecular weight is 455 g/mol. The molecule has 2 aromatic carbocycles. The van der Waals surface area contributed by atoms with Gasteiger partial charge in [0.1, 0.15) is 5.15 Å². The third-order valence-corrected chi connectivity index (χ3v) is 5.71. The van der Waals surface area contributed by atoms with Crippen molar-refractivity contribution in [3.8, 4) is 0 Å². The molecule has 0 saturated carbocycles. The lowest BCUT2D eigenvalue weighted by molar-refractivity contribution is 0.0746. The van der Waals surface area contributed by atoms with E-state index in [-0.39, 0.29) is 17.0 Å². The summed E-state index contributed by atoms with van der Waals surface area (Å²) in [6.45, 7) is 2.74. The molecule has 1 aliphatic rings. The van der Waals surface area contributed by atoms with Crippen molar-refractivity contribution in [2.24, 2.45) is 0 Å². The summed E-state index contributed by atoms with van der Waals surface area (Å²) in [5.41, 5.74) is 2.68. The topological polar surface area (TPSA) is 65.5 Å². The number of nitrogens with one attached hydrogen (secondary N) is 1. The Balaban J connectivity index is 1.34. The van der Waals surface area contributed by atoms with Gasteiger partial charge in [0.05, 0.1) is 5.56 Å². The average Bonchev–Trinajstić information content (AvgIpc) is 2.80. The minimum Gasteiger partial charge on any atom is -0.368 e. The van der Waals surface area contributed by atoms with Crippen LogP contribution in [0.3, 0.4) is 0 Å². The fraction of sp³-hybridized carbons (Fsp3) is 0.174. The number of carbonyl (C=O) groups excluding carboxylic acids is 2. The van der Waals surface area contributed by atoms with Crippen molar-refractivity contribution in [2.45, 2.75) is 0 Å². The van der Waals surface area contributed by atoms with Gasteiger partial charge in [-0.1, -0.05) is 23.2 Å². The number of hydrogen-bond donors (Lipinski definition) is 1. The Kier molecular flexibility index (Phi) is 6.39. The molecule has 0 radical (unpaired) electrons. The molecule has 6 nitrogen and oxygen atoms in total. The molecular weight excluding hydrogens is 435 g/mol. The largest absolute Gasteiger partial charge is 0.368 e. The van der Waals surface area contributed by atoms with Gasteiger partial charge in [0.25, 0.3) is 11.8 Å². The summed E-state index contributed by atoms with van der Waals surface area (Å²) in [5.74, 6) is -0.288. The first-order chi connectivity index (χ1) is 15.0. The SMILES string of the molecule is O=C(Nc1ccc(N2CCN(C(=O)c3ccc(Cl)cc3)CC2)cc1)c1cccnc1Cl. The Morgan fingerprint density at radius 3 is 2.19 bits per heavy atom. The van der Waals surface area contributed by atoms with Crippen LogP contribution in [-0.2, 0) is 0 Å². The lowest BCUT2D eigenvalue weighted by Gasteiger charge is -2.36. The minimum absolute atomic E-state index is 0.0171. The number of benzene rings is 2. The molecule has 1 saturated heterocycles. The molecule has 0 spiro atoms. The van der Waals surface area contributed by atoms with Crippen molar-refractivity contribution in [3.63, 3.8) is 0 Å². The highest BCUT2D eigenvalue weighted by molar-refractivity contribution is 6.33. The highest BCUT2D eigenvalue weighted by Gasteiger charge is 2.22.